The van der Waals surface area contributed by atoms with Crippen LogP contribution in [0.3, 0.4) is 0 Å². The number of benzene rings is 1. The van der Waals surface area contributed by atoms with Crippen LogP contribution in [0.4, 0.5) is 0 Å². The number of amides is 1. The molecule has 6 nitrogen and oxygen atoms in total. The number of ether oxygens (including phenoxy) is 3. The summed E-state index contributed by atoms with van der Waals surface area (Å²) < 4.78 is 16.7. The zero-order chi connectivity index (χ0) is 16.4. The number of carbonyl (C=O) groups excluding carboxylic acids is 1. The molecule has 0 spiro atoms. The molecule has 0 bridgehead atoms. The van der Waals surface area contributed by atoms with Gasteiger partial charge in [0.05, 0.1) is 19.3 Å². The van der Waals surface area contributed by atoms with E-state index in [9.17, 15) is 4.79 Å². The van der Waals surface area contributed by atoms with Crippen LogP contribution in [0.25, 0.3) is 0 Å². The predicted molar refractivity (Wildman–Crippen MR) is 95.5 cm³/mol. The highest BCUT2D eigenvalue weighted by molar-refractivity contribution is 5.85. The highest BCUT2D eigenvalue weighted by Gasteiger charge is 2.34. The Bertz CT molecular complexity index is 603. The standard InChI is InChI=1S/C18H24N2O4.ClH/c21-17(10-14-11-22-6-5-19-14)20-18(12-1-2-12)13-3-4-15-16(9-13)24-8-7-23-15;/h3-4,9,12,14,18-19H,1-2,5-8,10-11H2,(H,20,21);1H. The third-order valence-corrected chi connectivity index (χ3v) is 4.77. The SMILES string of the molecule is Cl.O=C(CC1COCCN1)NC(c1ccc2c(c1)OCCO2)C1CC1. The van der Waals surface area contributed by atoms with Gasteiger partial charge >= 0.3 is 0 Å². The van der Waals surface area contributed by atoms with E-state index >= 15 is 0 Å². The van der Waals surface area contributed by atoms with Crippen molar-refractivity contribution in [3.8, 4) is 11.5 Å². The molecule has 3 aliphatic rings. The van der Waals surface area contributed by atoms with E-state index in [1.54, 1.807) is 0 Å². The molecule has 2 aliphatic heterocycles. The summed E-state index contributed by atoms with van der Waals surface area (Å²) in [6.07, 6.45) is 2.77. The van der Waals surface area contributed by atoms with Crippen LogP contribution in [0.15, 0.2) is 18.2 Å². The van der Waals surface area contributed by atoms with E-state index in [1.807, 2.05) is 18.2 Å². The maximum absolute atomic E-state index is 12.5. The molecular weight excluding hydrogens is 344 g/mol. The summed E-state index contributed by atoms with van der Waals surface area (Å²) in [6.45, 7) is 3.30. The van der Waals surface area contributed by atoms with E-state index in [1.165, 1.54) is 0 Å². The quantitative estimate of drug-likeness (QED) is 0.829. The zero-order valence-electron chi connectivity index (χ0n) is 14.2. The molecule has 4 rings (SSSR count). The number of carbonyl (C=O) groups is 1. The molecule has 1 amide bonds. The van der Waals surface area contributed by atoms with Gasteiger partial charge in [-0.2, -0.15) is 0 Å². The normalized spacial score (nSPS) is 23.3. The second-order valence-electron chi connectivity index (χ2n) is 6.72. The average Bonchev–Trinajstić information content (AvgIpc) is 3.45. The Labute approximate surface area is 154 Å². The van der Waals surface area contributed by atoms with Gasteiger partial charge in [0, 0.05) is 19.0 Å². The van der Waals surface area contributed by atoms with E-state index in [0.29, 0.717) is 32.2 Å². The van der Waals surface area contributed by atoms with E-state index in [2.05, 4.69) is 10.6 Å². The minimum absolute atomic E-state index is 0. The van der Waals surface area contributed by atoms with Crippen LogP contribution in [0.5, 0.6) is 11.5 Å². The first-order valence-corrected chi connectivity index (χ1v) is 8.79. The Morgan fingerprint density at radius 3 is 2.72 bits per heavy atom. The summed E-state index contributed by atoms with van der Waals surface area (Å²) in [7, 11) is 0. The average molecular weight is 369 g/mol. The molecule has 1 saturated carbocycles. The first-order valence-electron chi connectivity index (χ1n) is 8.79. The van der Waals surface area contributed by atoms with Gasteiger partial charge < -0.3 is 24.8 Å². The second-order valence-corrected chi connectivity index (χ2v) is 6.72. The van der Waals surface area contributed by atoms with Crippen LogP contribution in [-0.4, -0.2) is 44.9 Å². The number of fused-ring (bicyclic) bond motifs is 1. The molecule has 0 aromatic heterocycles. The maximum Gasteiger partial charge on any atom is 0.222 e. The first-order chi connectivity index (χ1) is 11.8. The smallest absolute Gasteiger partial charge is 0.222 e. The summed E-state index contributed by atoms with van der Waals surface area (Å²) in [6, 6.07) is 6.16. The Hall–Kier alpha value is -1.50. The van der Waals surface area contributed by atoms with Crippen molar-refractivity contribution < 1.29 is 19.0 Å². The van der Waals surface area contributed by atoms with Crippen molar-refractivity contribution in [2.75, 3.05) is 33.0 Å². The lowest BCUT2D eigenvalue weighted by atomic mass is 10.0. The highest BCUT2D eigenvalue weighted by atomic mass is 35.5. The molecule has 2 heterocycles. The zero-order valence-corrected chi connectivity index (χ0v) is 15.0. The fourth-order valence-electron chi connectivity index (χ4n) is 3.36. The van der Waals surface area contributed by atoms with E-state index in [4.69, 9.17) is 14.2 Å². The van der Waals surface area contributed by atoms with Crippen LogP contribution < -0.4 is 20.1 Å². The molecule has 2 N–H and O–H groups in total. The van der Waals surface area contributed by atoms with E-state index in [0.717, 1.165) is 43.1 Å². The van der Waals surface area contributed by atoms with Gasteiger partial charge in [-0.3, -0.25) is 4.79 Å². The summed E-state index contributed by atoms with van der Waals surface area (Å²) in [4.78, 5) is 12.5. The van der Waals surface area contributed by atoms with Gasteiger partial charge in [0.25, 0.3) is 0 Å². The second kappa shape index (κ2) is 8.25. The van der Waals surface area contributed by atoms with Crippen molar-refractivity contribution in [1.29, 1.82) is 0 Å². The molecule has 7 heteroatoms. The van der Waals surface area contributed by atoms with Gasteiger partial charge in [0.15, 0.2) is 11.5 Å². The highest BCUT2D eigenvalue weighted by Crippen LogP contribution is 2.43. The number of hydrogen-bond donors (Lipinski definition) is 2. The van der Waals surface area contributed by atoms with Crippen molar-refractivity contribution in [1.82, 2.24) is 10.6 Å². The number of rotatable bonds is 5. The lowest BCUT2D eigenvalue weighted by Crippen LogP contribution is -2.44. The molecule has 2 fully saturated rings. The summed E-state index contributed by atoms with van der Waals surface area (Å²) in [5.74, 6) is 2.16. The number of halogens is 1. The summed E-state index contributed by atoms with van der Waals surface area (Å²) in [5.41, 5.74) is 1.10. The van der Waals surface area contributed by atoms with Crippen LogP contribution in [-0.2, 0) is 9.53 Å². The predicted octanol–water partition coefficient (Wildman–Crippen LogP) is 1.83. The lowest BCUT2D eigenvalue weighted by molar-refractivity contribution is -0.123. The van der Waals surface area contributed by atoms with Gasteiger partial charge in [-0.25, -0.2) is 0 Å². The molecular formula is C18H25ClN2O4. The minimum atomic E-state index is 0. The molecule has 1 aliphatic carbocycles. The Kier molecular flexibility index (Phi) is 6.04. The first kappa shape index (κ1) is 18.3. The monoisotopic (exact) mass is 368 g/mol. The molecule has 2 unspecified atom stereocenters. The molecule has 1 saturated heterocycles. The van der Waals surface area contributed by atoms with Crippen LogP contribution in [0.2, 0.25) is 0 Å². The third kappa shape index (κ3) is 4.57. The van der Waals surface area contributed by atoms with Crippen LogP contribution in [0.1, 0.15) is 30.9 Å². The van der Waals surface area contributed by atoms with Crippen molar-refractivity contribution in [2.45, 2.75) is 31.3 Å². The molecule has 0 radical (unpaired) electrons. The van der Waals surface area contributed by atoms with Crippen LogP contribution in [0, 0.1) is 5.92 Å². The number of hydrogen-bond acceptors (Lipinski definition) is 5. The van der Waals surface area contributed by atoms with Crippen molar-refractivity contribution >= 4 is 18.3 Å². The van der Waals surface area contributed by atoms with Gasteiger partial charge in [0.2, 0.25) is 5.91 Å². The summed E-state index contributed by atoms with van der Waals surface area (Å²) >= 11 is 0. The Balaban J connectivity index is 0.00000182. The van der Waals surface area contributed by atoms with E-state index < -0.39 is 0 Å². The number of nitrogens with one attached hydrogen (secondary N) is 2. The molecule has 138 valence electrons. The maximum atomic E-state index is 12.5. The van der Waals surface area contributed by atoms with E-state index in [-0.39, 0.29) is 30.4 Å². The Morgan fingerprint density at radius 2 is 2.00 bits per heavy atom. The van der Waals surface area contributed by atoms with Gasteiger partial charge in [-0.1, -0.05) is 6.07 Å². The molecule has 1 aromatic carbocycles. The topological polar surface area (TPSA) is 68.8 Å². The largest absolute Gasteiger partial charge is 0.486 e. The van der Waals surface area contributed by atoms with Crippen molar-refractivity contribution in [2.24, 2.45) is 5.92 Å². The van der Waals surface area contributed by atoms with Crippen molar-refractivity contribution in [3.63, 3.8) is 0 Å². The summed E-state index contributed by atoms with van der Waals surface area (Å²) in [5, 5.41) is 6.54. The molecule has 25 heavy (non-hydrogen) atoms. The molecule has 1 aromatic rings. The fraction of sp³-hybridized carbons (Fsp3) is 0.611. The lowest BCUT2D eigenvalue weighted by Gasteiger charge is -2.26. The molecule has 2 atom stereocenters. The Morgan fingerprint density at radius 1 is 1.20 bits per heavy atom. The third-order valence-electron chi connectivity index (χ3n) is 4.77. The van der Waals surface area contributed by atoms with Gasteiger partial charge in [-0.15, -0.1) is 12.4 Å². The fourth-order valence-corrected chi connectivity index (χ4v) is 3.36. The van der Waals surface area contributed by atoms with Crippen LogP contribution >= 0.6 is 12.4 Å². The van der Waals surface area contributed by atoms with Gasteiger partial charge in [-0.05, 0) is 36.5 Å². The van der Waals surface area contributed by atoms with Gasteiger partial charge in [0.1, 0.15) is 13.2 Å². The number of morpholine rings is 1. The van der Waals surface area contributed by atoms with Crippen molar-refractivity contribution in [3.05, 3.63) is 23.8 Å². The minimum Gasteiger partial charge on any atom is -0.486 e.